The van der Waals surface area contributed by atoms with E-state index in [2.05, 4.69) is 69.3 Å². The summed E-state index contributed by atoms with van der Waals surface area (Å²) in [6.45, 7) is 7.19. The molecule has 1 nitrogen and oxygen atoms in total. The molecule has 0 saturated heterocycles. The first-order chi connectivity index (χ1) is 9.01. The molecule has 100 valence electrons. The lowest BCUT2D eigenvalue weighted by atomic mass is 9.83. The maximum absolute atomic E-state index is 5.86. The summed E-state index contributed by atoms with van der Waals surface area (Å²) >= 11 is 0. The monoisotopic (exact) mass is 253 g/mol. The summed E-state index contributed by atoms with van der Waals surface area (Å²) < 4.78 is 0. The maximum atomic E-state index is 5.86. The Hall–Kier alpha value is -1.60. The summed E-state index contributed by atoms with van der Waals surface area (Å²) in [5.74, 6) is 0. The molecule has 0 aliphatic heterocycles. The highest BCUT2D eigenvalue weighted by atomic mass is 14.6. The lowest BCUT2D eigenvalue weighted by Gasteiger charge is -2.23. The van der Waals surface area contributed by atoms with Gasteiger partial charge in [-0.2, -0.15) is 0 Å². The smallest absolute Gasteiger partial charge is 0.00191 e. The predicted octanol–water partition coefficient (Wildman–Crippen LogP) is 3.82. The lowest BCUT2D eigenvalue weighted by molar-refractivity contribution is 0.538. The highest BCUT2D eigenvalue weighted by Gasteiger charge is 2.18. The van der Waals surface area contributed by atoms with Crippen molar-refractivity contribution in [3.8, 4) is 0 Å². The van der Waals surface area contributed by atoms with E-state index < -0.39 is 0 Å². The number of aryl methyl sites for hydroxylation is 1. The Morgan fingerprint density at radius 1 is 0.947 bits per heavy atom. The summed E-state index contributed by atoms with van der Waals surface area (Å²) in [5, 5.41) is 0. The van der Waals surface area contributed by atoms with E-state index in [0.717, 1.165) is 6.42 Å². The first-order valence-electron chi connectivity index (χ1n) is 6.86. The molecule has 0 amide bonds. The van der Waals surface area contributed by atoms with Gasteiger partial charge < -0.3 is 5.73 Å². The van der Waals surface area contributed by atoms with Crippen molar-refractivity contribution in [2.45, 2.75) is 32.6 Å². The van der Waals surface area contributed by atoms with Crippen LogP contribution in [0.25, 0.3) is 0 Å². The second kappa shape index (κ2) is 5.58. The summed E-state index contributed by atoms with van der Waals surface area (Å²) in [4.78, 5) is 0. The fourth-order valence-electron chi connectivity index (χ4n) is 2.28. The van der Waals surface area contributed by atoms with Crippen LogP contribution in [0.4, 0.5) is 0 Å². The highest BCUT2D eigenvalue weighted by molar-refractivity contribution is 5.34. The third-order valence-electron chi connectivity index (χ3n) is 3.71. The topological polar surface area (TPSA) is 26.0 Å². The summed E-state index contributed by atoms with van der Waals surface area (Å²) in [7, 11) is 0. The number of rotatable bonds is 4. The standard InChI is InChI=1S/C18H23N/c1-14-6-4-7-15(10-14)11-16-8-5-9-17(12-16)18(2,3)13-19/h4-10,12H,11,13,19H2,1-3H3. The SMILES string of the molecule is Cc1cccc(Cc2cccc(C(C)(C)CN)c2)c1. The van der Waals surface area contributed by atoms with E-state index in [-0.39, 0.29) is 5.41 Å². The van der Waals surface area contributed by atoms with Gasteiger partial charge in [0.05, 0.1) is 0 Å². The summed E-state index contributed by atoms with van der Waals surface area (Å²) in [6.07, 6.45) is 0.982. The summed E-state index contributed by atoms with van der Waals surface area (Å²) in [5.41, 5.74) is 11.3. The fourth-order valence-corrected chi connectivity index (χ4v) is 2.28. The van der Waals surface area contributed by atoms with Gasteiger partial charge in [0.15, 0.2) is 0 Å². The lowest BCUT2D eigenvalue weighted by Crippen LogP contribution is -2.28. The van der Waals surface area contributed by atoms with E-state index >= 15 is 0 Å². The van der Waals surface area contributed by atoms with Crippen molar-refractivity contribution in [1.29, 1.82) is 0 Å². The van der Waals surface area contributed by atoms with E-state index in [1.54, 1.807) is 0 Å². The van der Waals surface area contributed by atoms with Gasteiger partial charge in [-0.25, -0.2) is 0 Å². The Bertz CT molecular complexity index is 555. The van der Waals surface area contributed by atoms with E-state index in [4.69, 9.17) is 5.73 Å². The van der Waals surface area contributed by atoms with Crippen LogP contribution in [0.1, 0.15) is 36.1 Å². The van der Waals surface area contributed by atoms with Crippen molar-refractivity contribution in [1.82, 2.24) is 0 Å². The molecule has 2 aromatic carbocycles. The summed E-state index contributed by atoms with van der Waals surface area (Å²) in [6, 6.07) is 17.5. The molecular weight excluding hydrogens is 230 g/mol. The van der Waals surface area contributed by atoms with Gasteiger partial charge >= 0.3 is 0 Å². The van der Waals surface area contributed by atoms with Crippen LogP contribution in [0, 0.1) is 6.92 Å². The average Bonchev–Trinajstić information content (AvgIpc) is 2.39. The third-order valence-corrected chi connectivity index (χ3v) is 3.71. The molecule has 2 rings (SSSR count). The van der Waals surface area contributed by atoms with Crippen LogP contribution in [0.3, 0.4) is 0 Å². The highest BCUT2D eigenvalue weighted by Crippen LogP contribution is 2.23. The molecule has 0 aliphatic rings. The molecule has 0 bridgehead atoms. The van der Waals surface area contributed by atoms with Gasteiger partial charge in [0.2, 0.25) is 0 Å². The Morgan fingerprint density at radius 3 is 2.21 bits per heavy atom. The zero-order valence-corrected chi connectivity index (χ0v) is 12.1. The molecule has 2 N–H and O–H groups in total. The average molecular weight is 253 g/mol. The number of hydrogen-bond donors (Lipinski definition) is 1. The fraction of sp³-hybridized carbons (Fsp3) is 0.333. The normalized spacial score (nSPS) is 11.6. The van der Waals surface area contributed by atoms with Gasteiger partial charge in [-0.3, -0.25) is 0 Å². The molecule has 0 radical (unpaired) electrons. The predicted molar refractivity (Wildman–Crippen MR) is 82.5 cm³/mol. The Balaban J connectivity index is 2.25. The van der Waals surface area contributed by atoms with E-state index in [1.807, 2.05) is 0 Å². The van der Waals surface area contributed by atoms with Crippen LogP contribution in [-0.4, -0.2) is 6.54 Å². The maximum Gasteiger partial charge on any atom is 0.00191 e. The number of hydrogen-bond acceptors (Lipinski definition) is 1. The minimum absolute atomic E-state index is 0.0443. The zero-order chi connectivity index (χ0) is 13.9. The quantitative estimate of drug-likeness (QED) is 0.880. The van der Waals surface area contributed by atoms with Gasteiger partial charge in [0.25, 0.3) is 0 Å². The number of benzene rings is 2. The molecule has 0 atom stereocenters. The molecular formula is C18H23N. The van der Waals surface area contributed by atoms with Crippen molar-refractivity contribution in [3.05, 3.63) is 70.8 Å². The van der Waals surface area contributed by atoms with Crippen molar-refractivity contribution in [2.75, 3.05) is 6.54 Å². The van der Waals surface area contributed by atoms with Crippen LogP contribution >= 0.6 is 0 Å². The Morgan fingerprint density at radius 2 is 1.58 bits per heavy atom. The molecule has 0 heterocycles. The van der Waals surface area contributed by atoms with Gasteiger partial charge in [-0.05, 0) is 30.0 Å². The molecule has 2 aromatic rings. The number of nitrogens with two attached hydrogens (primary N) is 1. The van der Waals surface area contributed by atoms with Crippen LogP contribution < -0.4 is 5.73 Å². The van der Waals surface area contributed by atoms with Crippen LogP contribution in [0.2, 0.25) is 0 Å². The van der Waals surface area contributed by atoms with Crippen molar-refractivity contribution in [3.63, 3.8) is 0 Å². The third kappa shape index (κ3) is 3.45. The molecule has 0 aliphatic carbocycles. The molecule has 0 saturated carbocycles. The largest absolute Gasteiger partial charge is 0.330 e. The van der Waals surface area contributed by atoms with E-state index in [9.17, 15) is 0 Å². The first kappa shape index (κ1) is 13.8. The van der Waals surface area contributed by atoms with E-state index in [0.29, 0.717) is 6.54 Å². The molecule has 0 aromatic heterocycles. The molecule has 19 heavy (non-hydrogen) atoms. The van der Waals surface area contributed by atoms with Gasteiger partial charge in [0, 0.05) is 12.0 Å². The van der Waals surface area contributed by atoms with Crippen LogP contribution in [0.15, 0.2) is 48.5 Å². The molecule has 0 unspecified atom stereocenters. The van der Waals surface area contributed by atoms with Crippen molar-refractivity contribution in [2.24, 2.45) is 5.73 Å². The second-order valence-corrected chi connectivity index (χ2v) is 5.95. The zero-order valence-electron chi connectivity index (χ0n) is 12.1. The molecule has 0 fully saturated rings. The van der Waals surface area contributed by atoms with Crippen molar-refractivity contribution < 1.29 is 0 Å². The van der Waals surface area contributed by atoms with Crippen LogP contribution in [0.5, 0.6) is 0 Å². The Kier molecular flexibility index (Phi) is 4.06. The second-order valence-electron chi connectivity index (χ2n) is 5.95. The molecule has 0 spiro atoms. The minimum atomic E-state index is 0.0443. The van der Waals surface area contributed by atoms with Crippen LogP contribution in [-0.2, 0) is 11.8 Å². The Labute approximate surface area is 116 Å². The van der Waals surface area contributed by atoms with Gasteiger partial charge in [-0.1, -0.05) is 67.9 Å². The van der Waals surface area contributed by atoms with Gasteiger partial charge in [-0.15, -0.1) is 0 Å². The van der Waals surface area contributed by atoms with E-state index in [1.165, 1.54) is 22.3 Å². The van der Waals surface area contributed by atoms with Gasteiger partial charge in [0.1, 0.15) is 0 Å². The minimum Gasteiger partial charge on any atom is -0.330 e. The first-order valence-corrected chi connectivity index (χ1v) is 6.86. The molecule has 1 heteroatoms. The van der Waals surface area contributed by atoms with Crippen molar-refractivity contribution >= 4 is 0 Å².